The molecule has 0 bridgehead atoms. The van der Waals surface area contributed by atoms with Gasteiger partial charge in [0.1, 0.15) is 0 Å². The highest BCUT2D eigenvalue weighted by molar-refractivity contribution is 6.10. The maximum atomic E-state index is 13.0. The molecule has 1 aliphatic carbocycles. The van der Waals surface area contributed by atoms with E-state index in [2.05, 4.69) is 5.43 Å². The molecule has 134 valence electrons. The molecule has 1 aromatic carbocycles. The van der Waals surface area contributed by atoms with Gasteiger partial charge in [0.15, 0.2) is 11.3 Å². The topological polar surface area (TPSA) is 84.9 Å². The Morgan fingerprint density at radius 3 is 2.44 bits per heavy atom. The van der Waals surface area contributed by atoms with Gasteiger partial charge in [-0.25, -0.2) is 15.0 Å². The Morgan fingerprint density at radius 2 is 1.80 bits per heavy atom. The van der Waals surface area contributed by atoms with E-state index in [0.717, 1.165) is 10.6 Å². The quantitative estimate of drug-likeness (QED) is 0.851. The molecule has 2 amide bonds. The average Bonchev–Trinajstić information content (AvgIpc) is 2.58. The summed E-state index contributed by atoms with van der Waals surface area (Å²) < 4.78 is 9.91. The summed E-state index contributed by atoms with van der Waals surface area (Å²) in [6, 6.07) is 7.20. The number of hydrogen-bond acceptors (Lipinski definition) is 5. The van der Waals surface area contributed by atoms with Crippen molar-refractivity contribution in [3.8, 4) is 0 Å². The standard InChI is InChI=1S/C18H22N2O5/c1-5-24-16(22)19-20(17(23)25-6-2)18(4)14-10-8-7-9-13(14)11-12(3)15(18)21/h7-11H,5-6H2,1-4H3,(H,19,22)/t18-/m1/s1. The van der Waals surface area contributed by atoms with E-state index >= 15 is 0 Å². The Labute approximate surface area is 146 Å². The molecule has 0 unspecified atom stereocenters. The third kappa shape index (κ3) is 3.35. The molecule has 2 rings (SSSR count). The summed E-state index contributed by atoms with van der Waals surface area (Å²) in [7, 11) is 0. The van der Waals surface area contributed by atoms with Crippen molar-refractivity contribution >= 4 is 24.0 Å². The Kier molecular flexibility index (Phi) is 5.46. The zero-order valence-corrected chi connectivity index (χ0v) is 14.8. The van der Waals surface area contributed by atoms with Gasteiger partial charge in [-0.05, 0) is 50.5 Å². The van der Waals surface area contributed by atoms with Crippen LogP contribution in [0.4, 0.5) is 9.59 Å². The second-order valence-corrected chi connectivity index (χ2v) is 5.68. The van der Waals surface area contributed by atoms with Gasteiger partial charge in [-0.2, -0.15) is 5.01 Å². The molecule has 0 fully saturated rings. The fourth-order valence-electron chi connectivity index (χ4n) is 2.88. The van der Waals surface area contributed by atoms with Gasteiger partial charge >= 0.3 is 12.2 Å². The number of carbonyl (C=O) groups is 3. The monoisotopic (exact) mass is 346 g/mol. The molecular weight excluding hydrogens is 324 g/mol. The van der Waals surface area contributed by atoms with Gasteiger partial charge in [0.25, 0.3) is 0 Å². The maximum Gasteiger partial charge on any atom is 0.430 e. The van der Waals surface area contributed by atoms with Crippen LogP contribution in [0.1, 0.15) is 38.8 Å². The molecule has 0 heterocycles. The van der Waals surface area contributed by atoms with Crippen molar-refractivity contribution in [2.45, 2.75) is 33.2 Å². The predicted molar refractivity (Wildman–Crippen MR) is 91.5 cm³/mol. The number of hydrogen-bond donors (Lipinski definition) is 1. The first-order chi connectivity index (χ1) is 11.9. The molecule has 1 N–H and O–H groups in total. The summed E-state index contributed by atoms with van der Waals surface area (Å²) in [5.74, 6) is -0.309. The van der Waals surface area contributed by atoms with Crippen LogP contribution in [-0.2, 0) is 19.8 Å². The fourth-order valence-corrected chi connectivity index (χ4v) is 2.88. The van der Waals surface area contributed by atoms with Crippen molar-refractivity contribution in [1.82, 2.24) is 10.4 Å². The highest BCUT2D eigenvalue weighted by Gasteiger charge is 2.49. The second-order valence-electron chi connectivity index (χ2n) is 5.68. The Morgan fingerprint density at radius 1 is 1.16 bits per heavy atom. The lowest BCUT2D eigenvalue weighted by Gasteiger charge is -2.41. The van der Waals surface area contributed by atoms with Crippen LogP contribution < -0.4 is 5.43 Å². The number of amides is 2. The van der Waals surface area contributed by atoms with Crippen LogP contribution >= 0.6 is 0 Å². The lowest BCUT2D eigenvalue weighted by molar-refractivity contribution is -0.128. The molecule has 0 spiro atoms. The SMILES string of the molecule is CCOC(=O)NN(C(=O)OCC)[C@@]1(C)C(=O)C(C)=Cc2ccccc21. The van der Waals surface area contributed by atoms with Crippen LogP contribution in [0.25, 0.3) is 6.08 Å². The molecule has 25 heavy (non-hydrogen) atoms. The number of rotatable bonds is 3. The molecule has 0 saturated carbocycles. The van der Waals surface area contributed by atoms with Gasteiger partial charge in [0, 0.05) is 0 Å². The summed E-state index contributed by atoms with van der Waals surface area (Å²) in [6.45, 7) is 6.76. The Bertz CT molecular complexity index is 728. The third-order valence-corrected chi connectivity index (χ3v) is 4.03. The lowest BCUT2D eigenvalue weighted by atomic mass is 9.77. The van der Waals surface area contributed by atoms with Gasteiger partial charge in [-0.15, -0.1) is 0 Å². The summed E-state index contributed by atoms with van der Waals surface area (Å²) >= 11 is 0. The molecule has 0 saturated heterocycles. The van der Waals surface area contributed by atoms with Gasteiger partial charge in [0.2, 0.25) is 0 Å². The molecule has 0 aliphatic heterocycles. The molecule has 0 aromatic heterocycles. The number of ether oxygens (including phenoxy) is 2. The summed E-state index contributed by atoms with van der Waals surface area (Å²) in [5, 5.41) is 0.909. The average molecular weight is 346 g/mol. The molecule has 1 aromatic rings. The smallest absolute Gasteiger partial charge is 0.430 e. The molecule has 1 atom stereocenters. The molecule has 7 nitrogen and oxygen atoms in total. The third-order valence-electron chi connectivity index (χ3n) is 4.03. The zero-order valence-electron chi connectivity index (χ0n) is 14.8. The number of carbonyl (C=O) groups excluding carboxylic acids is 3. The summed E-state index contributed by atoms with van der Waals surface area (Å²) in [6.07, 6.45) is 0.0813. The lowest BCUT2D eigenvalue weighted by Crippen LogP contribution is -2.61. The minimum Gasteiger partial charge on any atom is -0.449 e. The molecular formula is C18H22N2O5. The van der Waals surface area contributed by atoms with Crippen LogP contribution in [0.15, 0.2) is 29.8 Å². The Balaban J connectivity index is 2.56. The first-order valence-corrected chi connectivity index (χ1v) is 8.09. The predicted octanol–water partition coefficient (Wildman–Crippen LogP) is 3.01. The van der Waals surface area contributed by atoms with Crippen molar-refractivity contribution in [2.24, 2.45) is 0 Å². The van der Waals surface area contributed by atoms with Gasteiger partial charge < -0.3 is 9.47 Å². The van der Waals surface area contributed by atoms with Crippen LogP contribution in [0.5, 0.6) is 0 Å². The number of ketones is 1. The van der Waals surface area contributed by atoms with Crippen LogP contribution in [0, 0.1) is 0 Å². The van der Waals surface area contributed by atoms with E-state index in [1.54, 1.807) is 45.9 Å². The normalized spacial score (nSPS) is 18.7. The Hall–Kier alpha value is -2.83. The number of benzene rings is 1. The summed E-state index contributed by atoms with van der Waals surface area (Å²) in [4.78, 5) is 37.4. The maximum absolute atomic E-state index is 13.0. The van der Waals surface area contributed by atoms with E-state index in [4.69, 9.17) is 9.47 Å². The number of Topliss-reactive ketones (excluding diaryl/α,β-unsaturated/α-hetero) is 1. The van der Waals surface area contributed by atoms with Gasteiger partial charge in [-0.1, -0.05) is 24.3 Å². The minimum atomic E-state index is -1.45. The number of nitrogens with zero attached hydrogens (tertiary/aromatic N) is 1. The highest BCUT2D eigenvalue weighted by atomic mass is 16.6. The number of hydrazine groups is 1. The fraction of sp³-hybridized carbons (Fsp3) is 0.389. The van der Waals surface area contributed by atoms with E-state index in [0.29, 0.717) is 11.1 Å². The van der Waals surface area contributed by atoms with Crippen LogP contribution in [0.2, 0.25) is 0 Å². The van der Waals surface area contributed by atoms with Crippen molar-refractivity contribution in [3.05, 3.63) is 41.0 Å². The van der Waals surface area contributed by atoms with Crippen molar-refractivity contribution in [1.29, 1.82) is 0 Å². The van der Waals surface area contributed by atoms with E-state index in [1.807, 2.05) is 12.1 Å². The first-order valence-electron chi connectivity index (χ1n) is 8.09. The van der Waals surface area contributed by atoms with E-state index in [-0.39, 0.29) is 19.0 Å². The highest BCUT2D eigenvalue weighted by Crippen LogP contribution is 2.38. The number of nitrogens with one attached hydrogen (secondary N) is 1. The van der Waals surface area contributed by atoms with Crippen molar-refractivity contribution in [3.63, 3.8) is 0 Å². The molecule has 0 radical (unpaired) electrons. The summed E-state index contributed by atoms with van der Waals surface area (Å²) in [5.41, 5.74) is 2.76. The largest absolute Gasteiger partial charge is 0.449 e. The first kappa shape index (κ1) is 18.5. The van der Waals surface area contributed by atoms with Crippen LogP contribution in [0.3, 0.4) is 0 Å². The minimum absolute atomic E-state index is 0.0978. The van der Waals surface area contributed by atoms with E-state index < -0.39 is 17.7 Å². The number of fused-ring (bicyclic) bond motifs is 1. The van der Waals surface area contributed by atoms with Crippen molar-refractivity contribution in [2.75, 3.05) is 13.2 Å². The van der Waals surface area contributed by atoms with Crippen molar-refractivity contribution < 1.29 is 23.9 Å². The molecule has 7 heteroatoms. The second kappa shape index (κ2) is 7.38. The van der Waals surface area contributed by atoms with Crippen LogP contribution in [-0.4, -0.2) is 36.2 Å². The van der Waals surface area contributed by atoms with E-state index in [9.17, 15) is 14.4 Å². The van der Waals surface area contributed by atoms with E-state index in [1.165, 1.54) is 0 Å². The van der Waals surface area contributed by atoms with Gasteiger partial charge in [-0.3, -0.25) is 4.79 Å². The zero-order chi connectivity index (χ0) is 18.6. The van der Waals surface area contributed by atoms with Gasteiger partial charge in [0.05, 0.1) is 13.2 Å². The molecule has 1 aliphatic rings.